The lowest BCUT2D eigenvalue weighted by atomic mass is 10.0. The summed E-state index contributed by atoms with van der Waals surface area (Å²) >= 11 is 0.863. The molecule has 0 fully saturated rings. The van der Waals surface area contributed by atoms with Crippen LogP contribution in [0.3, 0.4) is 0 Å². The first-order valence-corrected chi connectivity index (χ1v) is 8.43. The van der Waals surface area contributed by atoms with Gasteiger partial charge in [0.15, 0.2) is 5.78 Å². The summed E-state index contributed by atoms with van der Waals surface area (Å²) in [6.45, 7) is 3.54. The van der Waals surface area contributed by atoms with Crippen LogP contribution in [0.5, 0.6) is 5.75 Å². The van der Waals surface area contributed by atoms with E-state index in [9.17, 15) is 19.1 Å². The van der Waals surface area contributed by atoms with Gasteiger partial charge in [0.25, 0.3) is 0 Å². The number of carboxylic acids is 1. The number of halogens is 1. The predicted octanol–water partition coefficient (Wildman–Crippen LogP) is 4.22. The van der Waals surface area contributed by atoms with Gasteiger partial charge in [-0.3, -0.25) is 9.59 Å². The molecule has 0 spiro atoms. The molecule has 0 aliphatic carbocycles. The van der Waals surface area contributed by atoms with Crippen molar-refractivity contribution in [3.63, 3.8) is 0 Å². The predicted molar refractivity (Wildman–Crippen MR) is 95.7 cm³/mol. The van der Waals surface area contributed by atoms with Crippen LogP contribution in [-0.2, 0) is 4.79 Å². The van der Waals surface area contributed by atoms with Crippen molar-refractivity contribution in [3.05, 3.63) is 64.5 Å². The number of hydrogen-bond donors (Lipinski definition) is 2. The maximum absolute atomic E-state index is 14.0. The molecule has 4 nitrogen and oxygen atoms in total. The average Bonchev–Trinajstić information content (AvgIpc) is 2.56. The van der Waals surface area contributed by atoms with Gasteiger partial charge in [-0.05, 0) is 66.9 Å². The van der Waals surface area contributed by atoms with E-state index in [1.165, 1.54) is 18.2 Å². The third-order valence-electron chi connectivity index (χ3n) is 3.51. The number of hydrogen-bond acceptors (Lipinski definition) is 4. The summed E-state index contributed by atoms with van der Waals surface area (Å²) in [6.07, 6.45) is 2.94. The van der Waals surface area contributed by atoms with Gasteiger partial charge in [-0.2, -0.15) is 0 Å². The van der Waals surface area contributed by atoms with E-state index < -0.39 is 11.8 Å². The van der Waals surface area contributed by atoms with Crippen molar-refractivity contribution >= 4 is 29.6 Å². The van der Waals surface area contributed by atoms with E-state index in [1.54, 1.807) is 32.1 Å². The SMILES string of the molecule is Cc1cc(/C=C/C(=O)c2ccc(SCC(=O)O)c(F)c2)cc(C)c1O. The summed E-state index contributed by atoms with van der Waals surface area (Å²) in [5, 5.41) is 18.4. The van der Waals surface area contributed by atoms with Crippen molar-refractivity contribution < 1.29 is 24.2 Å². The second-order valence-corrected chi connectivity index (χ2v) is 6.55. The molecule has 2 aromatic carbocycles. The zero-order chi connectivity index (χ0) is 18.6. The first-order chi connectivity index (χ1) is 11.8. The minimum Gasteiger partial charge on any atom is -0.507 e. The number of phenolic OH excluding ortho intramolecular Hbond substituents is 1. The molecule has 6 heteroatoms. The van der Waals surface area contributed by atoms with E-state index in [1.807, 2.05) is 0 Å². The van der Waals surface area contributed by atoms with Crippen molar-refractivity contribution in [1.29, 1.82) is 0 Å². The summed E-state index contributed by atoms with van der Waals surface area (Å²) in [4.78, 5) is 22.9. The molecule has 0 heterocycles. The van der Waals surface area contributed by atoms with Crippen LogP contribution in [0.4, 0.5) is 4.39 Å². The highest BCUT2D eigenvalue weighted by molar-refractivity contribution is 8.00. The number of aryl methyl sites for hydroxylation is 2. The van der Waals surface area contributed by atoms with E-state index in [0.29, 0.717) is 11.1 Å². The van der Waals surface area contributed by atoms with Crippen LogP contribution in [0.2, 0.25) is 0 Å². The molecule has 25 heavy (non-hydrogen) atoms. The van der Waals surface area contributed by atoms with Crippen molar-refractivity contribution in [2.75, 3.05) is 5.75 Å². The normalized spacial score (nSPS) is 11.0. The number of aromatic hydroxyl groups is 1. The van der Waals surface area contributed by atoms with Crippen LogP contribution in [-0.4, -0.2) is 27.7 Å². The Balaban J connectivity index is 2.15. The smallest absolute Gasteiger partial charge is 0.313 e. The fourth-order valence-electron chi connectivity index (χ4n) is 2.26. The van der Waals surface area contributed by atoms with Gasteiger partial charge in [0.1, 0.15) is 11.6 Å². The van der Waals surface area contributed by atoms with Gasteiger partial charge in [-0.25, -0.2) is 4.39 Å². The van der Waals surface area contributed by atoms with Gasteiger partial charge < -0.3 is 10.2 Å². The monoisotopic (exact) mass is 360 g/mol. The first-order valence-electron chi connectivity index (χ1n) is 7.44. The maximum Gasteiger partial charge on any atom is 0.313 e. The first kappa shape index (κ1) is 18.7. The molecule has 2 aromatic rings. The highest BCUT2D eigenvalue weighted by Crippen LogP contribution is 2.25. The summed E-state index contributed by atoms with van der Waals surface area (Å²) in [7, 11) is 0. The Morgan fingerprint density at radius 2 is 1.80 bits per heavy atom. The fraction of sp³-hybridized carbons (Fsp3) is 0.158. The Morgan fingerprint density at radius 3 is 2.36 bits per heavy atom. The third-order valence-corrected chi connectivity index (χ3v) is 4.54. The highest BCUT2D eigenvalue weighted by atomic mass is 32.2. The molecular formula is C19H17FO4S. The van der Waals surface area contributed by atoms with Crippen molar-refractivity contribution in [2.45, 2.75) is 18.7 Å². The fourth-order valence-corrected chi connectivity index (χ4v) is 2.90. The summed E-state index contributed by atoms with van der Waals surface area (Å²) < 4.78 is 14.0. The number of carbonyl (C=O) groups excluding carboxylic acids is 1. The number of ketones is 1. The van der Waals surface area contributed by atoms with E-state index >= 15 is 0 Å². The van der Waals surface area contributed by atoms with Crippen LogP contribution >= 0.6 is 11.8 Å². The Hall–Kier alpha value is -2.60. The van der Waals surface area contributed by atoms with Crippen LogP contribution in [0.1, 0.15) is 27.0 Å². The number of carboxylic acid groups (broad SMARTS) is 1. The molecule has 0 saturated carbocycles. The Bertz CT molecular complexity index is 835. The molecule has 0 radical (unpaired) electrons. The van der Waals surface area contributed by atoms with Crippen LogP contribution in [0.25, 0.3) is 6.08 Å². The molecule has 0 atom stereocenters. The quantitative estimate of drug-likeness (QED) is 0.458. The molecule has 130 valence electrons. The minimum absolute atomic E-state index is 0.181. The van der Waals surface area contributed by atoms with Crippen molar-refractivity contribution in [2.24, 2.45) is 0 Å². The topological polar surface area (TPSA) is 74.6 Å². The molecule has 0 saturated heterocycles. The number of thioether (sulfide) groups is 1. The summed E-state index contributed by atoms with van der Waals surface area (Å²) in [6, 6.07) is 7.47. The molecule has 0 aliphatic heterocycles. The molecule has 0 aliphatic rings. The van der Waals surface area contributed by atoms with E-state index in [0.717, 1.165) is 23.4 Å². The van der Waals surface area contributed by atoms with Crippen LogP contribution < -0.4 is 0 Å². The zero-order valence-electron chi connectivity index (χ0n) is 13.7. The standard InChI is InChI=1S/C19H17FO4S/c1-11-7-13(8-12(2)19(11)24)3-5-16(21)14-4-6-17(15(20)9-14)25-10-18(22)23/h3-9,24H,10H2,1-2H3,(H,22,23)/b5-3+. The van der Waals surface area contributed by atoms with Gasteiger partial charge in [-0.15, -0.1) is 11.8 Å². The van der Waals surface area contributed by atoms with Crippen molar-refractivity contribution in [3.8, 4) is 5.75 Å². The largest absolute Gasteiger partial charge is 0.507 e. The molecule has 0 amide bonds. The van der Waals surface area contributed by atoms with E-state index in [4.69, 9.17) is 5.11 Å². The maximum atomic E-state index is 14.0. The number of aliphatic carboxylic acids is 1. The molecule has 0 aromatic heterocycles. The molecule has 0 unspecified atom stereocenters. The second kappa shape index (κ2) is 7.98. The van der Waals surface area contributed by atoms with E-state index in [-0.39, 0.29) is 27.7 Å². The highest BCUT2D eigenvalue weighted by Gasteiger charge is 2.10. The number of allylic oxidation sites excluding steroid dienone is 1. The van der Waals surface area contributed by atoms with Crippen LogP contribution in [0, 0.1) is 19.7 Å². The van der Waals surface area contributed by atoms with Gasteiger partial charge in [-0.1, -0.05) is 6.08 Å². The van der Waals surface area contributed by atoms with Crippen LogP contribution in [0.15, 0.2) is 41.3 Å². The van der Waals surface area contributed by atoms with E-state index in [2.05, 4.69) is 0 Å². The summed E-state index contributed by atoms with van der Waals surface area (Å²) in [5.41, 5.74) is 2.35. The minimum atomic E-state index is -1.04. The molecule has 2 rings (SSSR count). The third kappa shape index (κ3) is 4.93. The summed E-state index contributed by atoms with van der Waals surface area (Å²) in [5.74, 6) is -2.05. The number of carbonyl (C=O) groups is 2. The Morgan fingerprint density at radius 1 is 1.16 bits per heavy atom. The van der Waals surface area contributed by atoms with Gasteiger partial charge >= 0.3 is 5.97 Å². The Kier molecular flexibility index (Phi) is 5.98. The van der Waals surface area contributed by atoms with Crippen molar-refractivity contribution in [1.82, 2.24) is 0 Å². The lowest BCUT2D eigenvalue weighted by Crippen LogP contribution is -2.00. The molecular weight excluding hydrogens is 343 g/mol. The molecule has 2 N–H and O–H groups in total. The lowest BCUT2D eigenvalue weighted by molar-refractivity contribution is -0.133. The lowest BCUT2D eigenvalue weighted by Gasteiger charge is -2.05. The van der Waals surface area contributed by atoms with Gasteiger partial charge in [0.2, 0.25) is 0 Å². The average molecular weight is 360 g/mol. The number of phenols is 1. The van der Waals surface area contributed by atoms with Gasteiger partial charge in [0, 0.05) is 10.5 Å². The molecule has 0 bridgehead atoms. The second-order valence-electron chi connectivity index (χ2n) is 5.53. The Labute approximate surface area is 149 Å². The van der Waals surface area contributed by atoms with Gasteiger partial charge in [0.05, 0.1) is 5.75 Å². The number of rotatable bonds is 6. The zero-order valence-corrected chi connectivity index (χ0v) is 14.6. The number of benzene rings is 2.